The summed E-state index contributed by atoms with van der Waals surface area (Å²) in [6.45, 7) is 1.99. The molecule has 1 aromatic heterocycles. The van der Waals surface area contributed by atoms with Gasteiger partial charge in [-0.2, -0.15) is 5.10 Å². The molecule has 1 atom stereocenters. The summed E-state index contributed by atoms with van der Waals surface area (Å²) < 4.78 is 23.1. The van der Waals surface area contributed by atoms with Crippen molar-refractivity contribution in [2.75, 3.05) is 30.4 Å². The highest BCUT2D eigenvalue weighted by Gasteiger charge is 2.31. The van der Waals surface area contributed by atoms with Gasteiger partial charge >= 0.3 is 0 Å². The summed E-state index contributed by atoms with van der Waals surface area (Å²) in [7, 11) is -1.17. The highest BCUT2D eigenvalue weighted by atomic mass is 32.2. The smallest absolute Gasteiger partial charge is 0.238 e. The maximum absolute atomic E-state index is 12.2. The quantitative estimate of drug-likeness (QED) is 0.815. The molecule has 3 rings (SSSR count). The van der Waals surface area contributed by atoms with Gasteiger partial charge in [0.1, 0.15) is 5.82 Å². The average molecular weight is 363 g/mol. The number of rotatable bonds is 5. The molecule has 0 spiro atoms. The molecule has 0 bridgehead atoms. The van der Waals surface area contributed by atoms with Crippen molar-refractivity contribution in [3.05, 3.63) is 30.1 Å². The van der Waals surface area contributed by atoms with Crippen LogP contribution in [0.5, 0.6) is 0 Å². The van der Waals surface area contributed by atoms with Gasteiger partial charge in [0, 0.05) is 17.3 Å². The molecule has 0 aliphatic carbocycles. The van der Waals surface area contributed by atoms with Gasteiger partial charge in [0.15, 0.2) is 15.7 Å². The molecule has 134 valence electrons. The van der Waals surface area contributed by atoms with E-state index in [1.165, 1.54) is 0 Å². The van der Waals surface area contributed by atoms with Gasteiger partial charge in [0.25, 0.3) is 0 Å². The van der Waals surface area contributed by atoms with E-state index in [-0.39, 0.29) is 30.0 Å². The second-order valence-electron chi connectivity index (χ2n) is 6.34. The Kier molecular flexibility index (Phi) is 4.87. The molecule has 2 aromatic rings. The van der Waals surface area contributed by atoms with E-state index in [0.717, 1.165) is 11.4 Å². The normalized spacial score (nSPS) is 19.2. The maximum Gasteiger partial charge on any atom is 0.238 e. The van der Waals surface area contributed by atoms with Crippen LogP contribution in [0.2, 0.25) is 0 Å². The molecule has 2 N–H and O–H groups in total. The van der Waals surface area contributed by atoms with Crippen LogP contribution in [0.15, 0.2) is 24.3 Å². The Morgan fingerprint density at radius 1 is 1.36 bits per heavy atom. The van der Waals surface area contributed by atoms with Gasteiger partial charge < -0.3 is 5.32 Å². The van der Waals surface area contributed by atoms with Crippen molar-refractivity contribution in [1.29, 1.82) is 0 Å². The average Bonchev–Trinajstić information content (AvgIpc) is 3.13. The molecule has 1 saturated heterocycles. The molecule has 1 fully saturated rings. The topological polar surface area (TPSA) is 108 Å². The van der Waals surface area contributed by atoms with E-state index in [0.29, 0.717) is 17.9 Å². The number of likely N-dealkylation sites (N-methyl/N-ethyl adjacent to an activating group) is 1. The van der Waals surface area contributed by atoms with Gasteiger partial charge in [0.05, 0.1) is 18.1 Å². The Balaban J connectivity index is 1.56. The number of carbonyl (C=O) groups is 1. The predicted molar refractivity (Wildman–Crippen MR) is 94.9 cm³/mol. The van der Waals surface area contributed by atoms with E-state index < -0.39 is 9.84 Å². The molecular weight excluding hydrogens is 342 g/mol. The molecule has 1 aliphatic rings. The highest BCUT2D eigenvalue weighted by molar-refractivity contribution is 7.91. The van der Waals surface area contributed by atoms with E-state index in [9.17, 15) is 13.2 Å². The first kappa shape index (κ1) is 17.6. The van der Waals surface area contributed by atoms with E-state index in [1.54, 1.807) is 24.1 Å². The summed E-state index contributed by atoms with van der Waals surface area (Å²) in [5, 5.41) is 9.70. The second kappa shape index (κ2) is 6.93. The van der Waals surface area contributed by atoms with Crippen molar-refractivity contribution in [3.8, 4) is 11.4 Å². The summed E-state index contributed by atoms with van der Waals surface area (Å²) in [6.07, 6.45) is 0.580. The first-order chi connectivity index (χ1) is 11.8. The number of nitrogens with one attached hydrogen (secondary N) is 2. The van der Waals surface area contributed by atoms with Crippen LogP contribution >= 0.6 is 0 Å². The fourth-order valence-electron chi connectivity index (χ4n) is 2.85. The van der Waals surface area contributed by atoms with Gasteiger partial charge in [-0.3, -0.25) is 14.8 Å². The van der Waals surface area contributed by atoms with Crippen LogP contribution in [-0.4, -0.2) is 65.5 Å². The van der Waals surface area contributed by atoms with Crippen LogP contribution in [0.4, 0.5) is 5.69 Å². The van der Waals surface area contributed by atoms with Crippen molar-refractivity contribution in [2.24, 2.45) is 0 Å². The van der Waals surface area contributed by atoms with Gasteiger partial charge in [-0.25, -0.2) is 13.4 Å². The third-order valence-corrected chi connectivity index (χ3v) is 6.00. The summed E-state index contributed by atoms with van der Waals surface area (Å²) in [5.41, 5.74) is 1.53. The lowest BCUT2D eigenvalue weighted by atomic mass is 10.2. The lowest BCUT2D eigenvalue weighted by Crippen LogP contribution is -2.38. The summed E-state index contributed by atoms with van der Waals surface area (Å²) in [5.74, 6) is 1.50. The number of benzene rings is 1. The monoisotopic (exact) mass is 363 g/mol. The van der Waals surface area contributed by atoms with Crippen LogP contribution < -0.4 is 5.32 Å². The van der Waals surface area contributed by atoms with E-state index >= 15 is 0 Å². The number of aromatic nitrogens is 3. The number of aromatic amines is 1. The SMILES string of the molecule is Cc1nc(-c2ccc(NC(=O)CN(C)[C@@H]3CCS(=O)(=O)C3)cc2)n[nH]1. The highest BCUT2D eigenvalue weighted by Crippen LogP contribution is 2.19. The largest absolute Gasteiger partial charge is 0.325 e. The van der Waals surface area contributed by atoms with Crippen LogP contribution in [0.25, 0.3) is 11.4 Å². The maximum atomic E-state index is 12.2. The summed E-state index contributed by atoms with van der Waals surface area (Å²) >= 11 is 0. The number of H-pyrrole nitrogens is 1. The van der Waals surface area contributed by atoms with E-state index in [2.05, 4.69) is 20.5 Å². The van der Waals surface area contributed by atoms with Crippen molar-refractivity contribution in [3.63, 3.8) is 0 Å². The molecule has 1 aromatic carbocycles. The number of nitrogens with zero attached hydrogens (tertiary/aromatic N) is 3. The lowest BCUT2D eigenvalue weighted by Gasteiger charge is -2.22. The molecule has 0 radical (unpaired) electrons. The number of carbonyl (C=O) groups excluding carboxylic acids is 1. The number of hydrogen-bond donors (Lipinski definition) is 2. The minimum Gasteiger partial charge on any atom is -0.325 e. The van der Waals surface area contributed by atoms with Crippen molar-refractivity contribution in [2.45, 2.75) is 19.4 Å². The van der Waals surface area contributed by atoms with Gasteiger partial charge in [-0.15, -0.1) is 0 Å². The zero-order valence-corrected chi connectivity index (χ0v) is 15.0. The fourth-order valence-corrected chi connectivity index (χ4v) is 4.66. The Hall–Kier alpha value is -2.26. The minimum atomic E-state index is -2.95. The fraction of sp³-hybridized carbons (Fsp3) is 0.438. The molecule has 9 heteroatoms. The van der Waals surface area contributed by atoms with Crippen molar-refractivity contribution in [1.82, 2.24) is 20.1 Å². The van der Waals surface area contributed by atoms with Gasteiger partial charge in [-0.1, -0.05) is 0 Å². The Morgan fingerprint density at radius 3 is 2.64 bits per heavy atom. The first-order valence-corrected chi connectivity index (χ1v) is 9.84. The number of anilines is 1. The van der Waals surface area contributed by atoms with Gasteiger partial charge in [-0.05, 0) is 44.7 Å². The van der Waals surface area contributed by atoms with Crippen LogP contribution in [0, 0.1) is 6.92 Å². The number of aryl methyl sites for hydroxylation is 1. The zero-order chi connectivity index (χ0) is 18.0. The Morgan fingerprint density at radius 2 is 2.08 bits per heavy atom. The zero-order valence-electron chi connectivity index (χ0n) is 14.2. The molecule has 0 unspecified atom stereocenters. The number of hydrogen-bond acceptors (Lipinski definition) is 6. The number of amides is 1. The van der Waals surface area contributed by atoms with Crippen molar-refractivity contribution < 1.29 is 13.2 Å². The molecule has 8 nitrogen and oxygen atoms in total. The van der Waals surface area contributed by atoms with E-state index in [1.807, 2.05) is 19.1 Å². The lowest BCUT2D eigenvalue weighted by molar-refractivity contribution is -0.117. The first-order valence-electron chi connectivity index (χ1n) is 8.02. The van der Waals surface area contributed by atoms with E-state index in [4.69, 9.17) is 0 Å². The second-order valence-corrected chi connectivity index (χ2v) is 8.57. The Labute approximate surface area is 146 Å². The van der Waals surface area contributed by atoms with Crippen molar-refractivity contribution >= 4 is 21.4 Å². The summed E-state index contributed by atoms with van der Waals surface area (Å²) in [4.78, 5) is 18.2. The molecule has 0 saturated carbocycles. The number of sulfone groups is 1. The predicted octanol–water partition coefficient (Wildman–Crippen LogP) is 0.838. The van der Waals surface area contributed by atoms with Crippen LogP contribution in [0.1, 0.15) is 12.2 Å². The van der Waals surface area contributed by atoms with Crippen LogP contribution in [0.3, 0.4) is 0 Å². The molecular formula is C16H21N5O3S. The molecule has 1 amide bonds. The summed E-state index contributed by atoms with van der Waals surface area (Å²) in [6, 6.07) is 7.17. The van der Waals surface area contributed by atoms with Crippen LogP contribution in [-0.2, 0) is 14.6 Å². The standard InChI is InChI=1S/C16H21N5O3S/c1-11-17-16(20-19-11)12-3-5-13(6-4-12)18-15(22)9-21(2)14-7-8-25(23,24)10-14/h3-6,14H,7-10H2,1-2H3,(H,18,22)(H,17,19,20)/t14-/m1/s1. The third kappa shape index (κ3) is 4.43. The minimum absolute atomic E-state index is 0.0906. The molecule has 2 heterocycles. The van der Waals surface area contributed by atoms with Gasteiger partial charge in [0.2, 0.25) is 5.91 Å². The molecule has 1 aliphatic heterocycles. The third-order valence-electron chi connectivity index (χ3n) is 4.25. The Bertz CT molecular complexity index is 860. The molecule has 25 heavy (non-hydrogen) atoms.